The standard InChI is InChI=1S/C6H18OSi2/c1-8-7-5-6-9(2,3)4/h5-6,8H2,1-4H3. The largest absolute Gasteiger partial charge is 0.425 e. The highest BCUT2D eigenvalue weighted by Crippen LogP contribution is 2.06. The Morgan fingerprint density at radius 2 is 1.89 bits per heavy atom. The van der Waals surface area contributed by atoms with Crippen molar-refractivity contribution in [3.63, 3.8) is 0 Å². The average molecular weight is 162 g/mol. The maximum atomic E-state index is 5.38. The predicted octanol–water partition coefficient (Wildman–Crippen LogP) is 1.47. The van der Waals surface area contributed by atoms with E-state index in [-0.39, 0.29) is 9.76 Å². The van der Waals surface area contributed by atoms with Crippen molar-refractivity contribution in [1.82, 2.24) is 0 Å². The van der Waals surface area contributed by atoms with Gasteiger partial charge in [0.2, 0.25) is 0 Å². The Morgan fingerprint density at radius 1 is 1.33 bits per heavy atom. The van der Waals surface area contributed by atoms with Crippen molar-refractivity contribution in [1.29, 1.82) is 0 Å². The van der Waals surface area contributed by atoms with Gasteiger partial charge in [0.15, 0.2) is 9.76 Å². The second-order valence-corrected chi connectivity index (χ2v) is 10.1. The Kier molecular flexibility index (Phi) is 4.43. The molecule has 0 aromatic carbocycles. The van der Waals surface area contributed by atoms with Gasteiger partial charge in [0, 0.05) is 14.7 Å². The van der Waals surface area contributed by atoms with Crippen LogP contribution in [0.3, 0.4) is 0 Å². The Hall–Kier alpha value is 0.394. The topological polar surface area (TPSA) is 9.23 Å². The lowest BCUT2D eigenvalue weighted by atomic mass is 10.9. The van der Waals surface area contributed by atoms with Crippen molar-refractivity contribution in [2.24, 2.45) is 0 Å². The summed E-state index contributed by atoms with van der Waals surface area (Å²) in [6.45, 7) is 10.4. The van der Waals surface area contributed by atoms with Crippen LogP contribution < -0.4 is 0 Å². The second kappa shape index (κ2) is 4.25. The molecule has 0 rings (SSSR count). The normalized spacial score (nSPS) is 13.3. The number of rotatable bonds is 4. The molecule has 56 valence electrons. The van der Waals surface area contributed by atoms with Crippen LogP contribution >= 0.6 is 0 Å². The number of hydrogen-bond acceptors (Lipinski definition) is 1. The molecule has 3 heteroatoms. The van der Waals surface area contributed by atoms with Gasteiger partial charge in [0.1, 0.15) is 0 Å². The van der Waals surface area contributed by atoms with Gasteiger partial charge in [-0.15, -0.1) is 0 Å². The molecule has 9 heavy (non-hydrogen) atoms. The molecule has 0 aliphatic rings. The molecule has 0 aliphatic carbocycles. The second-order valence-electron chi connectivity index (χ2n) is 3.51. The molecular weight excluding hydrogens is 144 g/mol. The van der Waals surface area contributed by atoms with Crippen LogP contribution in [-0.4, -0.2) is 24.4 Å². The van der Waals surface area contributed by atoms with E-state index in [2.05, 4.69) is 26.2 Å². The van der Waals surface area contributed by atoms with Gasteiger partial charge in [-0.3, -0.25) is 0 Å². The quantitative estimate of drug-likeness (QED) is 0.449. The molecule has 1 nitrogen and oxygen atoms in total. The highest BCUT2D eigenvalue weighted by atomic mass is 28.3. The van der Waals surface area contributed by atoms with Crippen LogP contribution in [0.1, 0.15) is 0 Å². The first-order chi connectivity index (χ1) is 4.06. The van der Waals surface area contributed by atoms with Gasteiger partial charge in [0.05, 0.1) is 0 Å². The van der Waals surface area contributed by atoms with Gasteiger partial charge in [-0.1, -0.05) is 26.2 Å². The summed E-state index contributed by atoms with van der Waals surface area (Å²) in [5.41, 5.74) is 0. The average Bonchev–Trinajstić information content (AvgIpc) is 1.63. The number of hydrogen-bond donors (Lipinski definition) is 0. The summed E-state index contributed by atoms with van der Waals surface area (Å²) in [5.74, 6) is 0. The van der Waals surface area contributed by atoms with Crippen LogP contribution in [0.15, 0.2) is 0 Å². The summed E-state index contributed by atoms with van der Waals surface area (Å²) < 4.78 is 5.38. The SMILES string of the molecule is C[SiH2]OCC[Si](C)(C)C. The van der Waals surface area contributed by atoms with E-state index in [4.69, 9.17) is 4.43 Å². The van der Waals surface area contributed by atoms with Crippen molar-refractivity contribution < 1.29 is 4.43 Å². The smallest absolute Gasteiger partial charge is 0.158 e. The molecule has 0 aromatic rings. The lowest BCUT2D eigenvalue weighted by molar-refractivity contribution is 0.361. The summed E-state index contributed by atoms with van der Waals surface area (Å²) in [7, 11) is -0.930. The van der Waals surface area contributed by atoms with E-state index in [0.29, 0.717) is 0 Å². The van der Waals surface area contributed by atoms with Crippen LogP contribution in [0.4, 0.5) is 0 Å². The first-order valence-corrected chi connectivity index (χ1v) is 9.34. The Morgan fingerprint density at radius 3 is 2.22 bits per heavy atom. The Labute approximate surface area is 61.8 Å². The maximum Gasteiger partial charge on any atom is 0.158 e. The highest BCUT2D eigenvalue weighted by molar-refractivity contribution is 6.76. The molecule has 0 N–H and O–H groups in total. The van der Waals surface area contributed by atoms with E-state index in [1.54, 1.807) is 0 Å². The van der Waals surface area contributed by atoms with Crippen molar-refractivity contribution in [3.8, 4) is 0 Å². The fourth-order valence-corrected chi connectivity index (χ4v) is 2.00. The van der Waals surface area contributed by atoms with Gasteiger partial charge in [-0.2, -0.15) is 0 Å². The minimum Gasteiger partial charge on any atom is -0.425 e. The summed E-state index contributed by atoms with van der Waals surface area (Å²) in [6, 6.07) is 1.33. The van der Waals surface area contributed by atoms with E-state index in [1.165, 1.54) is 6.04 Å². The van der Waals surface area contributed by atoms with Crippen molar-refractivity contribution in [3.05, 3.63) is 0 Å². The third-order valence-corrected chi connectivity index (χ3v) is 3.60. The van der Waals surface area contributed by atoms with Crippen molar-refractivity contribution in [2.45, 2.75) is 32.2 Å². The van der Waals surface area contributed by atoms with E-state index >= 15 is 0 Å². The lowest BCUT2D eigenvalue weighted by Crippen LogP contribution is -2.21. The highest BCUT2D eigenvalue weighted by Gasteiger charge is 2.11. The molecule has 0 saturated carbocycles. The maximum absolute atomic E-state index is 5.38. The van der Waals surface area contributed by atoms with Crippen molar-refractivity contribution >= 4 is 17.8 Å². The Bertz CT molecular complexity index is 67.9. The predicted molar refractivity (Wildman–Crippen MR) is 48.5 cm³/mol. The summed E-state index contributed by atoms with van der Waals surface area (Å²) in [5, 5.41) is 0. The van der Waals surface area contributed by atoms with Crippen molar-refractivity contribution in [2.75, 3.05) is 6.61 Å². The molecule has 0 unspecified atom stereocenters. The fourth-order valence-electron chi connectivity index (χ4n) is 0.523. The molecule has 0 radical (unpaired) electrons. The van der Waals surface area contributed by atoms with Gasteiger partial charge < -0.3 is 4.43 Å². The zero-order valence-corrected chi connectivity index (χ0v) is 9.44. The fraction of sp³-hybridized carbons (Fsp3) is 1.00. The zero-order chi connectivity index (χ0) is 7.33. The molecule has 0 fully saturated rings. The third-order valence-electron chi connectivity index (χ3n) is 1.20. The summed E-state index contributed by atoms with van der Waals surface area (Å²) in [6.07, 6.45) is 0. The van der Waals surface area contributed by atoms with Crippen LogP contribution in [0.5, 0.6) is 0 Å². The van der Waals surface area contributed by atoms with Gasteiger partial charge in [-0.25, -0.2) is 0 Å². The minimum atomic E-state index is -0.797. The molecule has 0 amide bonds. The van der Waals surface area contributed by atoms with Gasteiger partial charge in [0.25, 0.3) is 0 Å². The molecule has 0 bridgehead atoms. The molecule has 0 aliphatic heterocycles. The lowest BCUT2D eigenvalue weighted by Gasteiger charge is -2.14. The molecule has 0 heterocycles. The van der Waals surface area contributed by atoms with Gasteiger partial charge >= 0.3 is 0 Å². The summed E-state index contributed by atoms with van der Waals surface area (Å²) >= 11 is 0. The Balaban J connectivity index is 3.07. The molecule has 0 spiro atoms. The third kappa shape index (κ3) is 8.39. The first-order valence-electron chi connectivity index (χ1n) is 3.64. The molecule has 0 saturated heterocycles. The van der Waals surface area contributed by atoms with E-state index in [0.717, 1.165) is 6.61 Å². The molecule has 0 aromatic heterocycles. The first kappa shape index (κ1) is 9.39. The zero-order valence-electron chi connectivity index (χ0n) is 7.03. The van der Waals surface area contributed by atoms with Crippen LogP contribution in [-0.2, 0) is 4.43 Å². The van der Waals surface area contributed by atoms with E-state index in [9.17, 15) is 0 Å². The summed E-state index contributed by atoms with van der Waals surface area (Å²) in [4.78, 5) is 0. The van der Waals surface area contributed by atoms with E-state index in [1.807, 2.05) is 0 Å². The molecular formula is C6H18OSi2. The van der Waals surface area contributed by atoms with Crippen LogP contribution in [0.25, 0.3) is 0 Å². The molecule has 0 atom stereocenters. The van der Waals surface area contributed by atoms with Crippen LogP contribution in [0, 0.1) is 0 Å². The van der Waals surface area contributed by atoms with Gasteiger partial charge in [-0.05, 0) is 6.04 Å². The monoisotopic (exact) mass is 162 g/mol. The van der Waals surface area contributed by atoms with Crippen LogP contribution in [0.2, 0.25) is 32.2 Å². The van der Waals surface area contributed by atoms with E-state index < -0.39 is 8.07 Å². The minimum absolute atomic E-state index is 0.133.